The molecule has 1 atom stereocenters. The van der Waals surface area contributed by atoms with E-state index in [0.717, 1.165) is 0 Å². The minimum atomic E-state index is -1.49. The van der Waals surface area contributed by atoms with Crippen molar-refractivity contribution in [1.82, 2.24) is 0 Å². The Kier molecular flexibility index (Phi) is 2.99. The van der Waals surface area contributed by atoms with Crippen LogP contribution in [0.2, 0.25) is 0 Å². The lowest BCUT2D eigenvalue weighted by atomic mass is 10.0. The van der Waals surface area contributed by atoms with Crippen molar-refractivity contribution >= 4 is 11.8 Å². The Morgan fingerprint density at radius 3 is 2.50 bits per heavy atom. The first kappa shape index (κ1) is 10.4. The zero-order valence-electron chi connectivity index (χ0n) is 7.60. The molecule has 2 N–H and O–H groups in total. The quantitative estimate of drug-likeness (QED) is 0.556. The summed E-state index contributed by atoms with van der Waals surface area (Å²) in [7, 11) is 0. The Hall–Kier alpha value is -1.68. The SMILES string of the molecule is CC(O)c1cccc(C(=O)C(=O)O)c1. The van der Waals surface area contributed by atoms with Gasteiger partial charge in [0.2, 0.25) is 0 Å². The van der Waals surface area contributed by atoms with Gasteiger partial charge in [0.25, 0.3) is 5.78 Å². The molecule has 0 saturated heterocycles. The molecule has 0 aliphatic rings. The second-order valence-corrected chi connectivity index (χ2v) is 2.94. The average molecular weight is 194 g/mol. The van der Waals surface area contributed by atoms with Crippen molar-refractivity contribution in [1.29, 1.82) is 0 Å². The van der Waals surface area contributed by atoms with E-state index in [4.69, 9.17) is 5.11 Å². The van der Waals surface area contributed by atoms with E-state index < -0.39 is 17.9 Å². The molecule has 1 aromatic rings. The van der Waals surface area contributed by atoms with Crippen LogP contribution in [0.25, 0.3) is 0 Å². The molecule has 14 heavy (non-hydrogen) atoms. The van der Waals surface area contributed by atoms with Crippen LogP contribution in [-0.2, 0) is 4.79 Å². The van der Waals surface area contributed by atoms with E-state index in [9.17, 15) is 14.7 Å². The van der Waals surface area contributed by atoms with Crippen molar-refractivity contribution in [2.45, 2.75) is 13.0 Å². The molecule has 0 heterocycles. The Morgan fingerprint density at radius 2 is 2.00 bits per heavy atom. The number of hydrogen-bond acceptors (Lipinski definition) is 3. The summed E-state index contributed by atoms with van der Waals surface area (Å²) >= 11 is 0. The van der Waals surface area contributed by atoms with Gasteiger partial charge in [-0.2, -0.15) is 0 Å². The van der Waals surface area contributed by atoms with Crippen molar-refractivity contribution in [2.24, 2.45) is 0 Å². The van der Waals surface area contributed by atoms with E-state index in [1.165, 1.54) is 18.2 Å². The highest BCUT2D eigenvalue weighted by Crippen LogP contribution is 2.13. The highest BCUT2D eigenvalue weighted by Gasteiger charge is 2.15. The summed E-state index contributed by atoms with van der Waals surface area (Å²) in [6.07, 6.45) is -0.712. The van der Waals surface area contributed by atoms with Crippen molar-refractivity contribution in [3.8, 4) is 0 Å². The standard InChI is InChI=1S/C10H10O4/c1-6(11)7-3-2-4-8(5-7)9(12)10(13)14/h2-6,11H,1H3,(H,13,14). The van der Waals surface area contributed by atoms with E-state index in [-0.39, 0.29) is 5.56 Å². The number of aliphatic carboxylic acids is 1. The van der Waals surface area contributed by atoms with Crippen LogP contribution in [0.4, 0.5) is 0 Å². The lowest BCUT2D eigenvalue weighted by molar-refractivity contribution is -0.131. The van der Waals surface area contributed by atoms with Gasteiger partial charge in [-0.3, -0.25) is 4.79 Å². The molecule has 4 nitrogen and oxygen atoms in total. The number of hydrogen-bond donors (Lipinski definition) is 2. The Balaban J connectivity index is 3.06. The molecule has 0 aliphatic heterocycles. The fraction of sp³-hybridized carbons (Fsp3) is 0.200. The van der Waals surface area contributed by atoms with Gasteiger partial charge in [0.15, 0.2) is 0 Å². The van der Waals surface area contributed by atoms with Gasteiger partial charge in [-0.1, -0.05) is 18.2 Å². The molecule has 0 spiro atoms. The molecule has 0 fully saturated rings. The van der Waals surface area contributed by atoms with Crippen LogP contribution >= 0.6 is 0 Å². The minimum absolute atomic E-state index is 0.0795. The monoisotopic (exact) mass is 194 g/mol. The molecule has 0 saturated carbocycles. The minimum Gasteiger partial charge on any atom is -0.475 e. The predicted molar refractivity (Wildman–Crippen MR) is 49.0 cm³/mol. The summed E-state index contributed by atoms with van der Waals surface area (Å²) in [5.41, 5.74) is 0.605. The molecule has 1 unspecified atom stereocenters. The van der Waals surface area contributed by atoms with Gasteiger partial charge >= 0.3 is 5.97 Å². The van der Waals surface area contributed by atoms with Crippen LogP contribution in [0.15, 0.2) is 24.3 Å². The lowest BCUT2D eigenvalue weighted by Gasteiger charge is -2.04. The van der Waals surface area contributed by atoms with Crippen molar-refractivity contribution in [3.63, 3.8) is 0 Å². The van der Waals surface area contributed by atoms with E-state index >= 15 is 0 Å². The molecule has 0 radical (unpaired) electrons. The number of benzene rings is 1. The molecule has 4 heteroatoms. The number of aliphatic hydroxyl groups excluding tert-OH is 1. The van der Waals surface area contributed by atoms with Crippen LogP contribution in [-0.4, -0.2) is 22.0 Å². The van der Waals surface area contributed by atoms with Crippen LogP contribution < -0.4 is 0 Å². The first-order valence-corrected chi connectivity index (χ1v) is 4.08. The maximum atomic E-state index is 11.0. The zero-order chi connectivity index (χ0) is 10.7. The second kappa shape index (κ2) is 4.02. The lowest BCUT2D eigenvalue weighted by Crippen LogP contribution is -2.12. The fourth-order valence-electron chi connectivity index (χ4n) is 1.06. The maximum absolute atomic E-state index is 11.0. The molecule has 1 rings (SSSR count). The third-order valence-electron chi connectivity index (χ3n) is 1.83. The van der Waals surface area contributed by atoms with Gasteiger partial charge in [-0.15, -0.1) is 0 Å². The highest BCUT2D eigenvalue weighted by molar-refractivity contribution is 6.39. The molecule has 0 aliphatic carbocycles. The summed E-state index contributed by atoms with van der Waals surface area (Å²) in [4.78, 5) is 21.4. The topological polar surface area (TPSA) is 74.6 Å². The van der Waals surface area contributed by atoms with E-state index in [0.29, 0.717) is 5.56 Å². The summed E-state index contributed by atoms with van der Waals surface area (Å²) < 4.78 is 0. The smallest absolute Gasteiger partial charge is 0.377 e. The molecule has 0 aromatic heterocycles. The third-order valence-corrected chi connectivity index (χ3v) is 1.83. The number of Topliss-reactive ketones (excluding diaryl/α,β-unsaturated/α-hetero) is 1. The van der Waals surface area contributed by atoms with Crippen LogP contribution in [0.1, 0.15) is 28.9 Å². The van der Waals surface area contributed by atoms with Crippen molar-refractivity contribution in [2.75, 3.05) is 0 Å². The highest BCUT2D eigenvalue weighted by atomic mass is 16.4. The van der Waals surface area contributed by atoms with Crippen molar-refractivity contribution < 1.29 is 19.8 Å². The zero-order valence-corrected chi connectivity index (χ0v) is 7.60. The summed E-state index contributed by atoms with van der Waals surface area (Å²) in [5.74, 6) is -2.46. The number of ketones is 1. The van der Waals surface area contributed by atoms with Crippen LogP contribution in [0.3, 0.4) is 0 Å². The van der Waals surface area contributed by atoms with E-state index in [1.54, 1.807) is 13.0 Å². The first-order valence-electron chi connectivity index (χ1n) is 4.08. The number of rotatable bonds is 3. The van der Waals surface area contributed by atoms with Crippen LogP contribution in [0, 0.1) is 0 Å². The fourth-order valence-corrected chi connectivity index (χ4v) is 1.06. The van der Waals surface area contributed by atoms with Crippen LogP contribution in [0.5, 0.6) is 0 Å². The molecular formula is C10H10O4. The number of carboxylic acid groups (broad SMARTS) is 1. The first-order chi connectivity index (χ1) is 6.52. The van der Waals surface area contributed by atoms with Gasteiger partial charge in [0.05, 0.1) is 6.10 Å². The summed E-state index contributed by atoms with van der Waals surface area (Å²) in [5, 5.41) is 17.7. The van der Waals surface area contributed by atoms with E-state index in [2.05, 4.69) is 0 Å². The number of carboxylic acids is 1. The Morgan fingerprint density at radius 1 is 1.36 bits per heavy atom. The molecular weight excluding hydrogens is 184 g/mol. The van der Waals surface area contributed by atoms with Gasteiger partial charge in [-0.25, -0.2) is 4.79 Å². The van der Waals surface area contributed by atoms with Gasteiger partial charge in [-0.05, 0) is 18.6 Å². The molecule has 1 aromatic carbocycles. The average Bonchev–Trinajstić information content (AvgIpc) is 2.16. The largest absolute Gasteiger partial charge is 0.475 e. The second-order valence-electron chi connectivity index (χ2n) is 2.94. The van der Waals surface area contributed by atoms with Crippen molar-refractivity contribution in [3.05, 3.63) is 35.4 Å². The molecule has 0 amide bonds. The Bertz CT molecular complexity index is 368. The Labute approximate surface area is 80.8 Å². The number of carbonyl (C=O) groups is 2. The van der Waals surface area contributed by atoms with Gasteiger partial charge < -0.3 is 10.2 Å². The normalized spacial score (nSPS) is 12.1. The predicted octanol–water partition coefficient (Wildman–Crippen LogP) is 1.01. The molecule has 74 valence electrons. The number of carbonyl (C=O) groups excluding carboxylic acids is 1. The van der Waals surface area contributed by atoms with Gasteiger partial charge in [0, 0.05) is 5.56 Å². The maximum Gasteiger partial charge on any atom is 0.377 e. The van der Waals surface area contributed by atoms with Gasteiger partial charge in [0.1, 0.15) is 0 Å². The molecule has 0 bridgehead atoms. The number of aliphatic hydroxyl groups is 1. The van der Waals surface area contributed by atoms with E-state index in [1.807, 2.05) is 0 Å². The summed E-state index contributed by atoms with van der Waals surface area (Å²) in [6.45, 7) is 1.55. The third kappa shape index (κ3) is 2.17. The summed E-state index contributed by atoms with van der Waals surface area (Å²) in [6, 6.07) is 5.95.